The number of likely N-dealkylation sites (N-methyl/N-ethyl adjacent to an activating group) is 1. The lowest BCUT2D eigenvalue weighted by atomic mass is 10.1. The second kappa shape index (κ2) is 5.66. The van der Waals surface area contributed by atoms with Crippen LogP contribution in [-0.2, 0) is 23.9 Å². The molecule has 2 amide bonds. The van der Waals surface area contributed by atoms with Gasteiger partial charge in [0.2, 0.25) is 11.8 Å². The lowest BCUT2D eigenvalue weighted by Crippen LogP contribution is -2.50. The number of ether oxygens (including phenoxy) is 2. The van der Waals surface area contributed by atoms with Crippen LogP contribution >= 0.6 is 0 Å². The van der Waals surface area contributed by atoms with E-state index in [-0.39, 0.29) is 36.7 Å². The largest absolute Gasteiger partial charge is 0.469 e. The number of imide groups is 1. The third-order valence-corrected chi connectivity index (χ3v) is 3.59. The predicted molar refractivity (Wildman–Crippen MR) is 64.1 cm³/mol. The van der Waals surface area contributed by atoms with Crippen LogP contribution in [-0.4, -0.2) is 73.6 Å². The van der Waals surface area contributed by atoms with Crippen molar-refractivity contribution in [2.24, 2.45) is 0 Å². The molecule has 7 heteroatoms. The monoisotopic (exact) mass is 270 g/mol. The predicted octanol–water partition coefficient (Wildman–Crippen LogP) is -0.992. The first-order valence-corrected chi connectivity index (χ1v) is 6.25. The summed E-state index contributed by atoms with van der Waals surface area (Å²) in [4.78, 5) is 37.8. The molecule has 2 saturated heterocycles. The minimum atomic E-state index is -0.415. The van der Waals surface area contributed by atoms with Crippen LogP contribution in [0, 0.1) is 0 Å². The highest BCUT2D eigenvalue weighted by atomic mass is 16.5. The fourth-order valence-corrected chi connectivity index (χ4v) is 2.44. The smallest absolute Gasteiger partial charge is 0.308 e. The van der Waals surface area contributed by atoms with E-state index >= 15 is 0 Å². The first-order valence-electron chi connectivity index (χ1n) is 6.25. The van der Waals surface area contributed by atoms with Crippen LogP contribution in [0.25, 0.3) is 0 Å². The maximum atomic E-state index is 11.9. The summed E-state index contributed by atoms with van der Waals surface area (Å²) in [7, 11) is 2.83. The van der Waals surface area contributed by atoms with E-state index in [2.05, 4.69) is 4.74 Å². The molecule has 19 heavy (non-hydrogen) atoms. The summed E-state index contributed by atoms with van der Waals surface area (Å²) in [6.45, 7) is 1.51. The van der Waals surface area contributed by atoms with Crippen LogP contribution in [0.4, 0.5) is 0 Å². The topological polar surface area (TPSA) is 76.2 Å². The van der Waals surface area contributed by atoms with Crippen molar-refractivity contribution in [3.8, 4) is 0 Å². The normalized spacial score (nSPS) is 28.8. The Bertz CT molecular complexity index is 398. The van der Waals surface area contributed by atoms with Gasteiger partial charge in [-0.1, -0.05) is 0 Å². The van der Waals surface area contributed by atoms with Gasteiger partial charge in [0.15, 0.2) is 0 Å². The Morgan fingerprint density at radius 2 is 2.21 bits per heavy atom. The number of hydrogen-bond donors (Lipinski definition) is 0. The van der Waals surface area contributed by atoms with Crippen LogP contribution in [0.1, 0.15) is 12.8 Å². The second-order valence-corrected chi connectivity index (χ2v) is 4.78. The molecule has 0 N–H and O–H groups in total. The minimum Gasteiger partial charge on any atom is -0.469 e. The van der Waals surface area contributed by atoms with Crippen molar-refractivity contribution >= 4 is 17.8 Å². The number of nitrogens with zero attached hydrogens (tertiary/aromatic N) is 2. The number of rotatable bonds is 3. The van der Waals surface area contributed by atoms with Crippen molar-refractivity contribution in [1.82, 2.24) is 9.80 Å². The number of hydrogen-bond acceptors (Lipinski definition) is 6. The van der Waals surface area contributed by atoms with Crippen molar-refractivity contribution in [3.05, 3.63) is 0 Å². The van der Waals surface area contributed by atoms with Crippen molar-refractivity contribution in [1.29, 1.82) is 0 Å². The van der Waals surface area contributed by atoms with Gasteiger partial charge in [-0.3, -0.25) is 24.2 Å². The van der Waals surface area contributed by atoms with Crippen LogP contribution in [0.5, 0.6) is 0 Å². The molecule has 0 saturated carbocycles. The summed E-state index contributed by atoms with van der Waals surface area (Å²) in [5, 5.41) is 0. The fraction of sp³-hybridized carbons (Fsp3) is 0.750. The molecular formula is C12H18N2O5. The number of amides is 2. The zero-order chi connectivity index (χ0) is 14.0. The molecule has 7 nitrogen and oxygen atoms in total. The van der Waals surface area contributed by atoms with E-state index in [1.807, 2.05) is 4.90 Å². The summed E-state index contributed by atoms with van der Waals surface area (Å²) in [5.41, 5.74) is 0. The van der Waals surface area contributed by atoms with E-state index in [9.17, 15) is 14.4 Å². The number of methoxy groups -OCH3 is 1. The Kier molecular flexibility index (Phi) is 4.16. The Balaban J connectivity index is 1.96. The van der Waals surface area contributed by atoms with E-state index in [4.69, 9.17) is 4.74 Å². The van der Waals surface area contributed by atoms with Gasteiger partial charge in [0.1, 0.15) is 0 Å². The van der Waals surface area contributed by atoms with Gasteiger partial charge in [0, 0.05) is 20.1 Å². The lowest BCUT2D eigenvalue weighted by molar-refractivity contribution is -0.146. The molecule has 2 rings (SSSR count). The molecule has 2 aliphatic rings. The fourth-order valence-electron chi connectivity index (χ4n) is 2.44. The van der Waals surface area contributed by atoms with Crippen LogP contribution in [0.3, 0.4) is 0 Å². The van der Waals surface area contributed by atoms with Crippen LogP contribution in [0.15, 0.2) is 0 Å². The number of esters is 1. The Morgan fingerprint density at radius 3 is 2.79 bits per heavy atom. The zero-order valence-corrected chi connectivity index (χ0v) is 11.1. The van der Waals surface area contributed by atoms with Crippen molar-refractivity contribution in [2.75, 3.05) is 33.9 Å². The molecule has 0 spiro atoms. The first kappa shape index (κ1) is 14.0. The number of carbonyl (C=O) groups excluding carboxylic acids is 3. The van der Waals surface area contributed by atoms with E-state index in [0.717, 1.165) is 4.90 Å². The van der Waals surface area contributed by atoms with E-state index in [1.54, 1.807) is 0 Å². The molecule has 2 fully saturated rings. The summed E-state index contributed by atoms with van der Waals surface area (Å²) < 4.78 is 10.1. The third-order valence-electron chi connectivity index (χ3n) is 3.59. The molecule has 2 unspecified atom stereocenters. The van der Waals surface area contributed by atoms with Crippen LogP contribution < -0.4 is 0 Å². The molecule has 0 aromatic heterocycles. The van der Waals surface area contributed by atoms with Crippen LogP contribution in [0.2, 0.25) is 0 Å². The maximum absolute atomic E-state index is 11.9. The van der Waals surface area contributed by atoms with Gasteiger partial charge in [-0.05, 0) is 0 Å². The highest BCUT2D eigenvalue weighted by Crippen LogP contribution is 2.20. The van der Waals surface area contributed by atoms with E-state index in [0.29, 0.717) is 19.7 Å². The Hall–Kier alpha value is -1.47. The van der Waals surface area contributed by atoms with Gasteiger partial charge in [0.25, 0.3) is 0 Å². The zero-order valence-electron chi connectivity index (χ0n) is 11.1. The van der Waals surface area contributed by atoms with Gasteiger partial charge < -0.3 is 9.47 Å². The molecule has 2 aliphatic heterocycles. The second-order valence-electron chi connectivity index (χ2n) is 4.78. The average molecular weight is 270 g/mol. The first-order chi connectivity index (χ1) is 9.02. The van der Waals surface area contributed by atoms with Crippen molar-refractivity contribution in [3.63, 3.8) is 0 Å². The molecule has 106 valence electrons. The van der Waals surface area contributed by atoms with E-state index in [1.165, 1.54) is 14.2 Å². The van der Waals surface area contributed by atoms with Gasteiger partial charge >= 0.3 is 5.97 Å². The highest BCUT2D eigenvalue weighted by Gasteiger charge is 2.41. The van der Waals surface area contributed by atoms with Gasteiger partial charge in [-0.25, -0.2) is 0 Å². The van der Waals surface area contributed by atoms with Gasteiger partial charge in [-0.2, -0.15) is 0 Å². The lowest BCUT2D eigenvalue weighted by Gasteiger charge is -2.35. The molecule has 0 aromatic carbocycles. The standard InChI is InChI=1S/C12H18N2O5/c1-13-10(15)6-9(12(13)17)14-3-4-19-8(7-14)5-11(16)18-2/h8-9H,3-7H2,1-2H3. The van der Waals surface area contributed by atoms with Gasteiger partial charge in [-0.15, -0.1) is 0 Å². The molecule has 0 aromatic rings. The molecule has 2 heterocycles. The maximum Gasteiger partial charge on any atom is 0.308 e. The number of morpholine rings is 1. The van der Waals surface area contributed by atoms with Crippen molar-refractivity contribution < 1.29 is 23.9 Å². The summed E-state index contributed by atoms with van der Waals surface area (Å²) >= 11 is 0. The van der Waals surface area contributed by atoms with E-state index < -0.39 is 6.04 Å². The summed E-state index contributed by atoms with van der Waals surface area (Å²) in [6.07, 6.45) is 0.0906. The molecule has 2 atom stereocenters. The molecular weight excluding hydrogens is 252 g/mol. The average Bonchev–Trinajstić information content (AvgIpc) is 2.67. The molecule has 0 radical (unpaired) electrons. The molecule has 0 bridgehead atoms. The highest BCUT2D eigenvalue weighted by molar-refractivity contribution is 6.05. The molecule has 0 aliphatic carbocycles. The SMILES string of the molecule is COC(=O)CC1CN(C2CC(=O)N(C)C2=O)CCO1. The van der Waals surface area contributed by atoms with Crippen molar-refractivity contribution in [2.45, 2.75) is 25.0 Å². The number of carbonyl (C=O) groups is 3. The number of likely N-dealkylation sites (tertiary alicyclic amines) is 1. The quantitative estimate of drug-likeness (QED) is 0.484. The summed E-state index contributed by atoms with van der Waals surface area (Å²) in [6, 6.07) is -0.415. The third kappa shape index (κ3) is 2.93. The Morgan fingerprint density at radius 1 is 1.47 bits per heavy atom. The minimum absolute atomic E-state index is 0.161. The van der Waals surface area contributed by atoms with Gasteiger partial charge in [0.05, 0.1) is 38.7 Å². The Labute approximate surface area is 111 Å². The summed E-state index contributed by atoms with van der Waals surface area (Å²) in [5.74, 6) is -0.674.